The van der Waals surface area contributed by atoms with Gasteiger partial charge in [-0.2, -0.15) is 0 Å². The molecule has 9 fully saturated rings. The van der Waals surface area contributed by atoms with Gasteiger partial charge in [0, 0.05) is 56.9 Å². The summed E-state index contributed by atoms with van der Waals surface area (Å²) in [5.41, 5.74) is 0. The molecule has 4 saturated carbocycles. The van der Waals surface area contributed by atoms with Gasteiger partial charge in [-0.25, -0.2) is 0 Å². The molecule has 9 aliphatic rings. The molecular weight excluding hydrogens is 1570 g/mol. The summed E-state index contributed by atoms with van der Waals surface area (Å²) >= 11 is 0. The van der Waals surface area contributed by atoms with Gasteiger partial charge in [-0.1, -0.05) is 0 Å². The first kappa shape index (κ1) is 90.2. The average Bonchev–Trinajstić information content (AvgIpc) is 1.60. The van der Waals surface area contributed by atoms with Gasteiger partial charge >= 0.3 is 27.3 Å². The standard InChI is InChI=1S/C72H136N8O24.Pb.2H/c1-81-9-17-89-25-33-97-57-41-49-50(42-58(57)98-34-26-90-18-10-82-2)66-73-65(49)77-67-51-43-59(99-35-27-91-19-11-83-3)60(100-36-28-92-20-12-84-4)44-52(51)69(74-67)79-71-55-47-63(103-39-31-95-23-15-87-7)64(104-40-32-96-24-16-88-8)48-56(55)72(76-71)80-70-54-46-62(102-38-30-94-22-14-86-6)61(45-53(54)68(75-70)78-66)101-37-29-93-21-13-85-5;;;/h49-80H,9-48H2,1-8H3;;;/q;+2;;. The third-order valence-electron chi connectivity index (χ3n) is 22.1. The molecule has 0 radical (unpaired) electrons. The third-order valence-corrected chi connectivity index (χ3v) is 22.1. The monoisotopic (exact) mass is 1710 g/mol. The zero-order chi connectivity index (χ0) is 72.8. The van der Waals surface area contributed by atoms with Gasteiger partial charge in [-0.3, -0.25) is 42.5 Å². The number of methoxy groups -OCH3 is 8. The Balaban J connectivity index is 0.0000139. The molecule has 5 aliphatic heterocycles. The second-order valence-corrected chi connectivity index (χ2v) is 28.5. The minimum atomic E-state index is -0.228. The molecule has 8 N–H and O–H groups in total. The van der Waals surface area contributed by atoms with Crippen LogP contribution in [0.5, 0.6) is 0 Å². The molecule has 9 rings (SSSR count). The van der Waals surface area contributed by atoms with Crippen LogP contribution in [0.15, 0.2) is 0 Å². The van der Waals surface area contributed by atoms with Crippen molar-refractivity contribution in [2.24, 2.45) is 47.3 Å². The molecule has 0 spiro atoms. The Morgan fingerprint density at radius 1 is 0.162 bits per heavy atom. The van der Waals surface area contributed by atoms with Crippen LogP contribution in [0.4, 0.5) is 0 Å². The third kappa shape index (κ3) is 29.2. The molecule has 105 heavy (non-hydrogen) atoms. The van der Waals surface area contributed by atoms with Crippen LogP contribution in [0.3, 0.4) is 0 Å². The van der Waals surface area contributed by atoms with Gasteiger partial charge in [0.05, 0.1) is 310 Å². The summed E-state index contributed by atoms with van der Waals surface area (Å²) in [6.45, 7) is 14.7. The molecule has 32 nitrogen and oxygen atoms in total. The Bertz CT molecular complexity index is 1770. The van der Waals surface area contributed by atoms with Crippen molar-refractivity contribution in [1.29, 1.82) is 0 Å². The average molecular weight is 1710 g/mol. The zero-order valence-corrected chi connectivity index (χ0v) is 70.1. The zero-order valence-electron chi connectivity index (χ0n) is 64.6. The fourth-order valence-electron chi connectivity index (χ4n) is 17.2. The summed E-state index contributed by atoms with van der Waals surface area (Å²) in [4.78, 5) is 0. The first-order valence-electron chi connectivity index (χ1n) is 38.9. The van der Waals surface area contributed by atoms with Crippen LogP contribution in [-0.4, -0.2) is 394 Å². The topological polar surface area (TPSA) is 318 Å². The first-order valence-corrected chi connectivity index (χ1v) is 38.9. The SMILES string of the molecule is COCCOCCOC1CC2C3NC(NC4NC(NC5NC(NC6NC(N3)C3CC(OCCOCCOC)C(OCCOCCOC)CC63)C3CC(OCCOCCOC)C(OCCOCCOC)CC53)C3CC(OCCOCCOC)C(OCCOCCOC)CC43)C2CC1OCCOCCOC.[PbH2+2]. The van der Waals surface area contributed by atoms with E-state index < -0.39 is 0 Å². The van der Waals surface area contributed by atoms with Crippen LogP contribution in [0.2, 0.25) is 0 Å². The van der Waals surface area contributed by atoms with Crippen molar-refractivity contribution in [1.82, 2.24) is 42.5 Å². The van der Waals surface area contributed by atoms with Gasteiger partial charge in [-0.15, -0.1) is 0 Å². The van der Waals surface area contributed by atoms with E-state index in [1.807, 2.05) is 0 Å². The molecule has 612 valence electrons. The van der Waals surface area contributed by atoms with Gasteiger partial charge in [0.15, 0.2) is 0 Å². The van der Waals surface area contributed by atoms with Crippen LogP contribution < -0.4 is 42.5 Å². The molecule has 4 aliphatic carbocycles. The molecule has 8 bridgehead atoms. The minimum absolute atomic E-state index is 0. The Hall–Kier alpha value is -0.358. The molecule has 0 amide bonds. The number of rotatable bonds is 56. The molecule has 0 aromatic heterocycles. The van der Waals surface area contributed by atoms with Crippen molar-refractivity contribution in [2.45, 2.75) is 150 Å². The first-order chi connectivity index (χ1) is 51.3. The van der Waals surface area contributed by atoms with Crippen LogP contribution in [0.25, 0.3) is 0 Å². The molecule has 0 aromatic rings. The quantitative estimate of drug-likeness (QED) is 0.0266. The summed E-state index contributed by atoms with van der Waals surface area (Å²) in [7, 11) is 13.5. The number of hydrogen-bond donors (Lipinski definition) is 8. The van der Waals surface area contributed by atoms with Crippen molar-refractivity contribution in [3.05, 3.63) is 0 Å². The van der Waals surface area contributed by atoms with E-state index in [2.05, 4.69) is 42.5 Å². The molecule has 16 unspecified atom stereocenters. The van der Waals surface area contributed by atoms with Gasteiger partial charge in [0.25, 0.3) is 0 Å². The van der Waals surface area contributed by atoms with E-state index in [1.165, 1.54) is 0 Å². The molecule has 16 atom stereocenters. The van der Waals surface area contributed by atoms with E-state index in [4.69, 9.17) is 114 Å². The Labute approximate surface area is 645 Å². The number of ether oxygens (including phenoxy) is 24. The Morgan fingerprint density at radius 2 is 0.267 bits per heavy atom. The number of nitrogens with one attached hydrogen (secondary N) is 8. The fourth-order valence-corrected chi connectivity index (χ4v) is 17.2. The van der Waals surface area contributed by atoms with E-state index in [9.17, 15) is 0 Å². The molecule has 0 aromatic carbocycles. The fraction of sp³-hybridized carbons (Fsp3) is 1.00. The maximum absolute atomic E-state index is 6.92. The summed E-state index contributed by atoms with van der Waals surface area (Å²) < 4.78 is 146. The summed E-state index contributed by atoms with van der Waals surface area (Å²) in [6.07, 6.45) is 2.72. The van der Waals surface area contributed by atoms with E-state index >= 15 is 0 Å². The normalized spacial score (nSPS) is 35.0. The number of hydrogen-bond acceptors (Lipinski definition) is 32. The maximum atomic E-state index is 6.92. The summed E-state index contributed by atoms with van der Waals surface area (Å²) in [5.74, 6) is 0.832. The second-order valence-electron chi connectivity index (χ2n) is 28.5. The molecule has 5 saturated heterocycles. The van der Waals surface area contributed by atoms with E-state index in [1.54, 1.807) is 56.9 Å². The van der Waals surface area contributed by atoms with E-state index in [-0.39, 0.29) is 173 Å². The van der Waals surface area contributed by atoms with Crippen LogP contribution >= 0.6 is 0 Å². The van der Waals surface area contributed by atoms with Crippen molar-refractivity contribution >= 4 is 27.3 Å². The Morgan fingerprint density at radius 3 is 0.371 bits per heavy atom. The van der Waals surface area contributed by atoms with Crippen LogP contribution in [0.1, 0.15) is 51.4 Å². The second kappa shape index (κ2) is 52.9. The summed E-state index contributed by atoms with van der Waals surface area (Å²) in [6, 6.07) is 0. The van der Waals surface area contributed by atoms with E-state index in [0.29, 0.717) is 211 Å². The molecule has 33 heteroatoms. The molecular formula is C72H138N8O24Pb+2. The molecule has 5 heterocycles. The van der Waals surface area contributed by atoms with Crippen molar-refractivity contribution < 1.29 is 114 Å². The predicted molar refractivity (Wildman–Crippen MR) is 388 cm³/mol. The van der Waals surface area contributed by atoms with Gasteiger partial charge in [0.1, 0.15) is 0 Å². The van der Waals surface area contributed by atoms with Gasteiger partial charge in [-0.05, 0) is 98.7 Å². The van der Waals surface area contributed by atoms with E-state index in [0.717, 1.165) is 51.4 Å². The predicted octanol–water partition coefficient (Wildman–Crippen LogP) is -1.05. The van der Waals surface area contributed by atoms with Gasteiger partial charge < -0.3 is 114 Å². The van der Waals surface area contributed by atoms with Gasteiger partial charge in [0.2, 0.25) is 0 Å². The van der Waals surface area contributed by atoms with Crippen molar-refractivity contribution in [3.63, 3.8) is 0 Å². The van der Waals surface area contributed by atoms with Crippen molar-refractivity contribution in [3.8, 4) is 0 Å². The van der Waals surface area contributed by atoms with Crippen LogP contribution in [-0.2, 0) is 114 Å². The van der Waals surface area contributed by atoms with Crippen molar-refractivity contribution in [2.75, 3.05) is 268 Å². The van der Waals surface area contributed by atoms with Crippen LogP contribution in [0, 0.1) is 47.3 Å². The summed E-state index contributed by atoms with van der Waals surface area (Å²) in [5, 5.41) is 34.5. The number of fused-ring (bicyclic) bond motifs is 20. The Kier molecular flexibility index (Phi) is 45.5.